The van der Waals surface area contributed by atoms with Crippen LogP contribution in [0.25, 0.3) is 10.9 Å². The first-order chi connectivity index (χ1) is 13.5. The van der Waals surface area contributed by atoms with Crippen molar-refractivity contribution in [1.82, 2.24) is 15.2 Å². The Morgan fingerprint density at radius 1 is 1.31 bits per heavy atom. The number of benzene rings is 1. The van der Waals surface area contributed by atoms with Gasteiger partial charge in [-0.25, -0.2) is 4.79 Å². The molecule has 6 nitrogen and oxygen atoms in total. The molecule has 29 heavy (non-hydrogen) atoms. The zero-order valence-electron chi connectivity index (χ0n) is 18.4. The number of hydrogen-bond acceptors (Lipinski definition) is 3. The van der Waals surface area contributed by atoms with E-state index in [-0.39, 0.29) is 18.5 Å². The summed E-state index contributed by atoms with van der Waals surface area (Å²) < 4.78 is 5.25. The van der Waals surface area contributed by atoms with Crippen LogP contribution in [-0.2, 0) is 16.0 Å². The largest absolute Gasteiger partial charge is 0.444 e. The van der Waals surface area contributed by atoms with Gasteiger partial charge in [-0.1, -0.05) is 25.5 Å². The van der Waals surface area contributed by atoms with Crippen molar-refractivity contribution in [3.05, 3.63) is 35.0 Å². The number of H-pyrrole nitrogens is 1. The third-order valence-electron chi connectivity index (χ3n) is 5.20. The summed E-state index contributed by atoms with van der Waals surface area (Å²) in [4.78, 5) is 30.4. The van der Waals surface area contributed by atoms with E-state index in [1.165, 1.54) is 16.5 Å². The maximum atomic E-state index is 13.0. The van der Waals surface area contributed by atoms with Gasteiger partial charge in [0.1, 0.15) is 12.1 Å². The van der Waals surface area contributed by atoms with Crippen molar-refractivity contribution in [3.63, 3.8) is 0 Å². The van der Waals surface area contributed by atoms with Gasteiger partial charge in [0.25, 0.3) is 0 Å². The lowest BCUT2D eigenvalue weighted by Crippen LogP contribution is -2.46. The maximum absolute atomic E-state index is 13.0. The van der Waals surface area contributed by atoms with Crippen LogP contribution < -0.4 is 5.32 Å². The molecule has 1 atom stereocenters. The molecule has 0 fully saturated rings. The molecule has 2 heterocycles. The minimum atomic E-state index is -0.587. The van der Waals surface area contributed by atoms with Gasteiger partial charge in [0.05, 0.1) is 6.04 Å². The van der Waals surface area contributed by atoms with Gasteiger partial charge in [0, 0.05) is 23.1 Å². The van der Waals surface area contributed by atoms with Crippen LogP contribution >= 0.6 is 0 Å². The molecule has 6 heteroatoms. The van der Waals surface area contributed by atoms with E-state index in [1.54, 1.807) is 20.8 Å². The van der Waals surface area contributed by atoms with E-state index in [9.17, 15) is 9.59 Å². The molecule has 0 bridgehead atoms. The summed E-state index contributed by atoms with van der Waals surface area (Å²) in [6, 6.07) is 6.43. The molecular formula is C23H33N3O3. The van der Waals surface area contributed by atoms with Gasteiger partial charge in [-0.15, -0.1) is 0 Å². The number of amides is 2. The predicted molar refractivity (Wildman–Crippen MR) is 115 cm³/mol. The Morgan fingerprint density at radius 3 is 2.69 bits per heavy atom. The first-order valence-electron chi connectivity index (χ1n) is 10.4. The third-order valence-corrected chi connectivity index (χ3v) is 5.20. The van der Waals surface area contributed by atoms with Crippen LogP contribution in [0.1, 0.15) is 63.9 Å². The van der Waals surface area contributed by atoms with E-state index >= 15 is 0 Å². The molecule has 0 saturated carbocycles. The van der Waals surface area contributed by atoms with Crippen LogP contribution in [0.2, 0.25) is 0 Å². The van der Waals surface area contributed by atoms with Crippen molar-refractivity contribution in [3.8, 4) is 0 Å². The first-order valence-corrected chi connectivity index (χ1v) is 10.4. The van der Waals surface area contributed by atoms with Crippen LogP contribution in [0.3, 0.4) is 0 Å². The van der Waals surface area contributed by atoms with Crippen LogP contribution in [0.4, 0.5) is 4.79 Å². The Balaban J connectivity index is 1.81. The average Bonchev–Trinajstić information content (AvgIpc) is 2.96. The van der Waals surface area contributed by atoms with E-state index in [0.717, 1.165) is 24.1 Å². The van der Waals surface area contributed by atoms with E-state index in [0.29, 0.717) is 12.5 Å². The molecule has 1 aromatic carbocycles. The zero-order chi connectivity index (χ0) is 21.3. The second-order valence-electron chi connectivity index (χ2n) is 9.40. The van der Waals surface area contributed by atoms with Gasteiger partial charge in [0.15, 0.2) is 0 Å². The fraction of sp³-hybridized carbons (Fsp3) is 0.565. The van der Waals surface area contributed by atoms with Crippen LogP contribution in [-0.4, -0.2) is 40.6 Å². The maximum Gasteiger partial charge on any atom is 0.408 e. The Kier molecular flexibility index (Phi) is 5.92. The highest BCUT2D eigenvalue weighted by molar-refractivity contribution is 5.87. The number of aromatic amines is 1. The molecule has 0 saturated heterocycles. The summed E-state index contributed by atoms with van der Waals surface area (Å²) >= 11 is 0. The van der Waals surface area contributed by atoms with Gasteiger partial charge >= 0.3 is 6.09 Å². The van der Waals surface area contributed by atoms with Crippen molar-refractivity contribution >= 4 is 22.9 Å². The van der Waals surface area contributed by atoms with E-state index in [1.807, 2.05) is 4.90 Å². The van der Waals surface area contributed by atoms with Gasteiger partial charge in [0.2, 0.25) is 5.91 Å². The lowest BCUT2D eigenvalue weighted by atomic mass is 9.91. The Labute approximate surface area is 173 Å². The molecule has 0 aliphatic carbocycles. The number of hydrogen-bond donors (Lipinski definition) is 2. The molecule has 0 radical (unpaired) electrons. The number of nitrogens with one attached hydrogen (secondary N) is 2. The van der Waals surface area contributed by atoms with Gasteiger partial charge < -0.3 is 19.9 Å². The number of carbonyl (C=O) groups is 2. The summed E-state index contributed by atoms with van der Waals surface area (Å²) in [7, 11) is 0. The number of carbonyl (C=O) groups excluding carboxylic acids is 2. The van der Waals surface area contributed by atoms with Crippen molar-refractivity contribution in [1.29, 1.82) is 0 Å². The van der Waals surface area contributed by atoms with Crippen molar-refractivity contribution in [2.24, 2.45) is 5.92 Å². The molecule has 1 aliphatic rings. The molecule has 1 aromatic heterocycles. The molecule has 158 valence electrons. The predicted octanol–water partition coefficient (Wildman–Crippen LogP) is 4.47. The third kappa shape index (κ3) is 4.92. The molecule has 2 aromatic rings. The number of alkyl carbamates (subject to hydrolysis) is 1. The van der Waals surface area contributed by atoms with Crippen LogP contribution in [0.15, 0.2) is 18.2 Å². The summed E-state index contributed by atoms with van der Waals surface area (Å²) in [5.41, 5.74) is 4.22. The first kappa shape index (κ1) is 21.2. The SMILES string of the molecule is Cc1ccc2[nH]c3c(c2c1)CCN(C(=O)CNC(=O)OC(C)(C)C)C3CC(C)C. The highest BCUT2D eigenvalue weighted by Crippen LogP contribution is 2.38. The lowest BCUT2D eigenvalue weighted by Gasteiger charge is -2.37. The highest BCUT2D eigenvalue weighted by Gasteiger charge is 2.33. The normalized spacial score (nSPS) is 16.8. The second-order valence-corrected chi connectivity index (χ2v) is 9.40. The molecule has 1 aliphatic heterocycles. The van der Waals surface area contributed by atoms with Gasteiger partial charge in [-0.3, -0.25) is 4.79 Å². The Morgan fingerprint density at radius 2 is 2.03 bits per heavy atom. The number of rotatable bonds is 4. The zero-order valence-corrected chi connectivity index (χ0v) is 18.4. The fourth-order valence-corrected chi connectivity index (χ4v) is 4.03. The monoisotopic (exact) mass is 399 g/mol. The molecule has 2 N–H and O–H groups in total. The highest BCUT2D eigenvalue weighted by atomic mass is 16.6. The van der Waals surface area contributed by atoms with Crippen molar-refractivity contribution < 1.29 is 14.3 Å². The number of nitrogens with zero attached hydrogens (tertiary/aromatic N) is 1. The molecule has 1 unspecified atom stereocenters. The summed E-state index contributed by atoms with van der Waals surface area (Å²) in [5, 5.41) is 3.86. The number of fused-ring (bicyclic) bond motifs is 3. The number of aromatic nitrogens is 1. The fourth-order valence-electron chi connectivity index (χ4n) is 4.03. The Hall–Kier alpha value is -2.50. The molecule has 0 spiro atoms. The van der Waals surface area contributed by atoms with Crippen molar-refractivity contribution in [2.75, 3.05) is 13.1 Å². The van der Waals surface area contributed by atoms with Crippen molar-refractivity contribution in [2.45, 2.75) is 66.0 Å². The average molecular weight is 400 g/mol. The summed E-state index contributed by atoms with van der Waals surface area (Å²) in [6.45, 7) is 12.4. The van der Waals surface area contributed by atoms with Crippen LogP contribution in [0, 0.1) is 12.8 Å². The minimum Gasteiger partial charge on any atom is -0.444 e. The molecule has 3 rings (SSSR count). The standard InChI is InChI=1S/C23H33N3O3/c1-14(2)11-19-21-16(17-12-15(3)7-8-18(17)25-21)9-10-26(19)20(27)13-24-22(28)29-23(4,5)6/h7-8,12,14,19,25H,9-11,13H2,1-6H3,(H,24,28). The second kappa shape index (κ2) is 8.09. The quantitative estimate of drug-likeness (QED) is 0.796. The summed E-state index contributed by atoms with van der Waals surface area (Å²) in [5.74, 6) is 0.357. The van der Waals surface area contributed by atoms with Crippen LogP contribution in [0.5, 0.6) is 0 Å². The smallest absolute Gasteiger partial charge is 0.408 e. The number of aryl methyl sites for hydroxylation is 1. The van der Waals surface area contributed by atoms with E-state index in [2.05, 4.69) is 49.3 Å². The van der Waals surface area contributed by atoms with Gasteiger partial charge in [-0.2, -0.15) is 0 Å². The van der Waals surface area contributed by atoms with E-state index < -0.39 is 11.7 Å². The van der Waals surface area contributed by atoms with E-state index in [4.69, 9.17) is 4.74 Å². The van der Waals surface area contributed by atoms with Gasteiger partial charge in [-0.05, 0) is 64.2 Å². The Bertz CT molecular complexity index is 908. The molecule has 2 amide bonds. The minimum absolute atomic E-state index is 0.0145. The summed E-state index contributed by atoms with van der Waals surface area (Å²) in [6.07, 6.45) is 1.12. The lowest BCUT2D eigenvalue weighted by molar-refractivity contribution is -0.133. The number of ether oxygens (including phenoxy) is 1. The topological polar surface area (TPSA) is 74.4 Å². The molecular weight excluding hydrogens is 366 g/mol.